The van der Waals surface area contributed by atoms with Crippen molar-refractivity contribution in [2.75, 3.05) is 5.32 Å². The molecule has 0 bridgehead atoms. The minimum Gasteiger partial charge on any atom is -0.391 e. The number of carbonyl (C=O) groups is 1. The van der Waals surface area contributed by atoms with Crippen LogP contribution in [0, 0.1) is 18.6 Å². The molecule has 0 fully saturated rings. The van der Waals surface area contributed by atoms with Crippen molar-refractivity contribution in [2.24, 2.45) is 0 Å². The molecule has 5 nitrogen and oxygen atoms in total. The monoisotopic (exact) mass is 437 g/mol. The maximum atomic E-state index is 14.0. The van der Waals surface area contributed by atoms with E-state index in [2.05, 4.69) is 15.6 Å². The maximum Gasteiger partial charge on any atom is 0.319 e. The number of nitrogens with one attached hydrogen (secondary N) is 2. The predicted octanol–water partition coefficient (Wildman–Crippen LogP) is 5.24. The SMILES string of the molecule is Cc1cnc(-c2ccccc2)c(NC(=O)NC2c3cc(F)c(F)cc3C(C)(C)C[C@H]2O)c1. The number of pyridine rings is 1. The van der Waals surface area contributed by atoms with E-state index >= 15 is 0 Å². The zero-order valence-corrected chi connectivity index (χ0v) is 18.1. The topological polar surface area (TPSA) is 74.2 Å². The van der Waals surface area contributed by atoms with Gasteiger partial charge in [-0.25, -0.2) is 13.6 Å². The molecule has 0 aliphatic heterocycles. The number of urea groups is 1. The Balaban J connectivity index is 1.63. The van der Waals surface area contributed by atoms with E-state index < -0.39 is 35.2 Å². The molecule has 0 saturated heterocycles. The molecule has 0 saturated carbocycles. The summed E-state index contributed by atoms with van der Waals surface area (Å²) in [6.45, 7) is 5.58. The van der Waals surface area contributed by atoms with Crippen LogP contribution in [-0.4, -0.2) is 22.2 Å². The van der Waals surface area contributed by atoms with Crippen molar-refractivity contribution in [3.05, 3.63) is 83.1 Å². The fourth-order valence-electron chi connectivity index (χ4n) is 4.33. The summed E-state index contributed by atoms with van der Waals surface area (Å²) in [5.74, 6) is -1.97. The normalized spacial score (nSPS) is 19.2. The number of rotatable bonds is 3. The van der Waals surface area contributed by atoms with Gasteiger partial charge in [-0.1, -0.05) is 44.2 Å². The number of aliphatic hydroxyl groups excluding tert-OH is 1. The Kier molecular flexibility index (Phi) is 5.69. The van der Waals surface area contributed by atoms with Gasteiger partial charge in [-0.05, 0) is 53.6 Å². The van der Waals surface area contributed by atoms with Crippen LogP contribution in [0.15, 0.2) is 54.7 Å². The summed E-state index contributed by atoms with van der Waals surface area (Å²) < 4.78 is 28.0. The van der Waals surface area contributed by atoms with E-state index in [-0.39, 0.29) is 6.42 Å². The van der Waals surface area contributed by atoms with Gasteiger partial charge in [0, 0.05) is 11.8 Å². The van der Waals surface area contributed by atoms with Crippen LogP contribution in [0.25, 0.3) is 11.3 Å². The number of fused-ring (bicyclic) bond motifs is 1. The Hall–Kier alpha value is -3.32. The highest BCUT2D eigenvalue weighted by molar-refractivity contribution is 5.94. The molecular formula is C25H25F2N3O2. The van der Waals surface area contributed by atoms with E-state index in [1.54, 1.807) is 12.3 Å². The first-order valence-electron chi connectivity index (χ1n) is 10.4. The zero-order chi connectivity index (χ0) is 23.0. The lowest BCUT2D eigenvalue weighted by Gasteiger charge is -2.40. The lowest BCUT2D eigenvalue weighted by atomic mass is 9.69. The summed E-state index contributed by atoms with van der Waals surface area (Å²) in [6, 6.07) is 12.0. The first-order chi connectivity index (χ1) is 15.2. The standard InChI is InChI=1S/C25H25F2N3O2/c1-14-9-20(22(28-13-14)15-7-5-4-6-8-15)29-24(32)30-23-16-10-18(26)19(27)11-17(16)25(2,3)12-21(23)31/h4-11,13,21,23,31H,12H2,1-3H3,(H2,29,30,32)/t21-,23?/m1/s1. The zero-order valence-electron chi connectivity index (χ0n) is 18.1. The molecule has 2 aromatic carbocycles. The molecule has 1 unspecified atom stereocenters. The van der Waals surface area contributed by atoms with E-state index in [4.69, 9.17) is 0 Å². The number of hydrogen-bond acceptors (Lipinski definition) is 3. The van der Waals surface area contributed by atoms with Crippen LogP contribution in [0.2, 0.25) is 0 Å². The molecule has 0 spiro atoms. The summed E-state index contributed by atoms with van der Waals surface area (Å²) in [5, 5.41) is 16.3. The Morgan fingerprint density at radius 3 is 2.53 bits per heavy atom. The van der Waals surface area contributed by atoms with Crippen molar-refractivity contribution in [2.45, 2.75) is 44.8 Å². The molecule has 2 amide bonds. The largest absolute Gasteiger partial charge is 0.391 e. The van der Waals surface area contributed by atoms with Crippen LogP contribution in [0.3, 0.4) is 0 Å². The molecule has 4 rings (SSSR count). The lowest BCUT2D eigenvalue weighted by molar-refractivity contribution is 0.0878. The quantitative estimate of drug-likeness (QED) is 0.525. The van der Waals surface area contributed by atoms with E-state index in [1.165, 1.54) is 0 Å². The highest BCUT2D eigenvalue weighted by Gasteiger charge is 2.40. The molecular weight excluding hydrogens is 412 g/mol. The molecule has 32 heavy (non-hydrogen) atoms. The number of halogens is 2. The first-order valence-corrected chi connectivity index (χ1v) is 10.4. The number of hydrogen-bond donors (Lipinski definition) is 3. The number of benzene rings is 2. The van der Waals surface area contributed by atoms with Crippen molar-refractivity contribution >= 4 is 11.7 Å². The Labute approximate surface area is 185 Å². The van der Waals surface area contributed by atoms with Crippen molar-refractivity contribution < 1.29 is 18.7 Å². The van der Waals surface area contributed by atoms with Crippen molar-refractivity contribution in [3.8, 4) is 11.3 Å². The van der Waals surface area contributed by atoms with Gasteiger partial charge in [0.05, 0.1) is 23.5 Å². The van der Waals surface area contributed by atoms with Gasteiger partial charge in [0.1, 0.15) is 0 Å². The molecule has 166 valence electrons. The molecule has 1 aliphatic rings. The average molecular weight is 437 g/mol. The highest BCUT2D eigenvalue weighted by atomic mass is 19.2. The van der Waals surface area contributed by atoms with Gasteiger partial charge < -0.3 is 15.7 Å². The van der Waals surface area contributed by atoms with Crippen LogP contribution >= 0.6 is 0 Å². The number of aromatic nitrogens is 1. The van der Waals surface area contributed by atoms with Gasteiger partial charge in [0.25, 0.3) is 0 Å². The van der Waals surface area contributed by atoms with Crippen LogP contribution in [-0.2, 0) is 5.41 Å². The maximum absolute atomic E-state index is 14.0. The molecule has 0 radical (unpaired) electrons. The van der Waals surface area contributed by atoms with Gasteiger partial charge in [-0.2, -0.15) is 0 Å². The van der Waals surface area contributed by atoms with E-state index in [0.717, 1.165) is 23.3 Å². The number of anilines is 1. The second-order valence-corrected chi connectivity index (χ2v) is 8.86. The Bertz CT molecular complexity index is 1170. The molecule has 1 aromatic heterocycles. The summed E-state index contributed by atoms with van der Waals surface area (Å²) >= 11 is 0. The van der Waals surface area contributed by atoms with Gasteiger partial charge in [0.15, 0.2) is 11.6 Å². The lowest BCUT2D eigenvalue weighted by Crippen LogP contribution is -2.45. The van der Waals surface area contributed by atoms with E-state index in [9.17, 15) is 18.7 Å². The highest BCUT2D eigenvalue weighted by Crippen LogP contribution is 2.42. The van der Waals surface area contributed by atoms with Crippen LogP contribution in [0.5, 0.6) is 0 Å². The minimum absolute atomic E-state index is 0.289. The Morgan fingerprint density at radius 1 is 1.12 bits per heavy atom. The van der Waals surface area contributed by atoms with Gasteiger partial charge in [-0.3, -0.25) is 4.98 Å². The molecule has 3 N–H and O–H groups in total. The van der Waals surface area contributed by atoms with E-state index in [0.29, 0.717) is 22.5 Å². The van der Waals surface area contributed by atoms with E-state index in [1.807, 2.05) is 51.1 Å². The van der Waals surface area contributed by atoms with Crippen molar-refractivity contribution in [1.82, 2.24) is 10.3 Å². The second kappa shape index (κ2) is 8.31. The van der Waals surface area contributed by atoms with Crippen LogP contribution < -0.4 is 10.6 Å². The van der Waals surface area contributed by atoms with Gasteiger partial charge in [0.2, 0.25) is 0 Å². The van der Waals surface area contributed by atoms with Crippen LogP contribution in [0.4, 0.5) is 19.3 Å². The fraction of sp³-hybridized carbons (Fsp3) is 0.280. The number of nitrogens with zero attached hydrogens (tertiary/aromatic N) is 1. The molecule has 2 atom stereocenters. The number of amides is 2. The molecule has 1 heterocycles. The molecule has 1 aliphatic carbocycles. The first kappa shape index (κ1) is 21.9. The molecule has 3 aromatic rings. The number of aliphatic hydroxyl groups is 1. The smallest absolute Gasteiger partial charge is 0.319 e. The third-order valence-corrected chi connectivity index (χ3v) is 5.87. The fourth-order valence-corrected chi connectivity index (χ4v) is 4.33. The predicted molar refractivity (Wildman–Crippen MR) is 119 cm³/mol. The second-order valence-electron chi connectivity index (χ2n) is 8.86. The summed E-state index contributed by atoms with van der Waals surface area (Å²) in [6.07, 6.45) is 1.04. The van der Waals surface area contributed by atoms with Crippen molar-refractivity contribution in [3.63, 3.8) is 0 Å². The third kappa shape index (κ3) is 4.21. The van der Waals surface area contributed by atoms with Crippen LogP contribution in [0.1, 0.15) is 43.0 Å². The van der Waals surface area contributed by atoms with Crippen molar-refractivity contribution in [1.29, 1.82) is 0 Å². The summed E-state index contributed by atoms with van der Waals surface area (Å²) in [5.41, 5.74) is 3.17. The number of aryl methyl sites for hydroxylation is 1. The third-order valence-electron chi connectivity index (χ3n) is 5.87. The Morgan fingerprint density at radius 2 is 1.81 bits per heavy atom. The average Bonchev–Trinajstić information content (AvgIpc) is 2.73. The minimum atomic E-state index is -1.02. The number of carbonyl (C=O) groups excluding carboxylic acids is 1. The van der Waals surface area contributed by atoms with Gasteiger partial charge in [-0.15, -0.1) is 0 Å². The molecule has 7 heteroatoms. The van der Waals surface area contributed by atoms with Gasteiger partial charge >= 0.3 is 6.03 Å². The summed E-state index contributed by atoms with van der Waals surface area (Å²) in [4.78, 5) is 17.4. The summed E-state index contributed by atoms with van der Waals surface area (Å²) in [7, 11) is 0.